The first-order chi connectivity index (χ1) is 8.79. The molecule has 0 saturated carbocycles. The average Bonchev–Trinajstić information content (AvgIpc) is 2.61. The average molecular weight is 248 g/mol. The molecule has 18 heavy (non-hydrogen) atoms. The second-order valence-corrected chi connectivity index (χ2v) is 5.19. The molecule has 0 spiro atoms. The highest BCUT2D eigenvalue weighted by Gasteiger charge is 2.15. The van der Waals surface area contributed by atoms with Gasteiger partial charge in [-0.2, -0.15) is 4.98 Å². The minimum atomic E-state index is 0.756. The van der Waals surface area contributed by atoms with E-state index in [1.54, 1.807) is 0 Å². The second-order valence-electron chi connectivity index (χ2n) is 5.19. The fourth-order valence-corrected chi connectivity index (χ4v) is 2.34. The number of nitrogens with zero attached hydrogens (tertiary/aromatic N) is 3. The third-order valence-corrected chi connectivity index (χ3v) is 3.51. The van der Waals surface area contributed by atoms with Crippen LogP contribution in [0, 0.1) is 5.92 Å². The molecule has 1 fully saturated rings. The summed E-state index contributed by atoms with van der Waals surface area (Å²) in [5.41, 5.74) is 0. The van der Waals surface area contributed by atoms with Gasteiger partial charge < -0.3 is 10.2 Å². The standard InChI is InChI=1S/C14H24N4/c1-3-8-15-14-16-9-6-13(17-14)18-10-4-5-12(2)7-11-18/h6,9,12H,3-5,7-8,10-11H2,1-2H3,(H,15,16,17). The van der Waals surface area contributed by atoms with E-state index in [0.29, 0.717) is 0 Å². The van der Waals surface area contributed by atoms with Crippen LogP contribution in [-0.4, -0.2) is 29.6 Å². The molecule has 1 aromatic rings. The van der Waals surface area contributed by atoms with Crippen molar-refractivity contribution in [1.29, 1.82) is 0 Å². The summed E-state index contributed by atoms with van der Waals surface area (Å²) in [7, 11) is 0. The zero-order valence-electron chi connectivity index (χ0n) is 11.5. The van der Waals surface area contributed by atoms with Crippen LogP contribution >= 0.6 is 0 Å². The van der Waals surface area contributed by atoms with Gasteiger partial charge in [0.2, 0.25) is 5.95 Å². The lowest BCUT2D eigenvalue weighted by Crippen LogP contribution is -2.25. The van der Waals surface area contributed by atoms with E-state index in [0.717, 1.165) is 43.7 Å². The number of hydrogen-bond donors (Lipinski definition) is 1. The topological polar surface area (TPSA) is 41.1 Å². The van der Waals surface area contributed by atoms with Gasteiger partial charge in [-0.25, -0.2) is 4.98 Å². The fourth-order valence-electron chi connectivity index (χ4n) is 2.34. The van der Waals surface area contributed by atoms with Gasteiger partial charge in [0.05, 0.1) is 0 Å². The van der Waals surface area contributed by atoms with Gasteiger partial charge in [-0.3, -0.25) is 0 Å². The molecule has 1 aliphatic heterocycles. The second kappa shape index (κ2) is 6.57. The molecule has 2 rings (SSSR count). The van der Waals surface area contributed by atoms with Gasteiger partial charge in [0.1, 0.15) is 5.82 Å². The molecular weight excluding hydrogens is 224 g/mol. The number of hydrogen-bond acceptors (Lipinski definition) is 4. The van der Waals surface area contributed by atoms with Crippen LogP contribution < -0.4 is 10.2 Å². The van der Waals surface area contributed by atoms with Gasteiger partial charge in [-0.15, -0.1) is 0 Å². The van der Waals surface area contributed by atoms with E-state index in [-0.39, 0.29) is 0 Å². The van der Waals surface area contributed by atoms with E-state index in [1.807, 2.05) is 12.3 Å². The molecule has 0 bridgehead atoms. The summed E-state index contributed by atoms with van der Waals surface area (Å²) in [5.74, 6) is 2.67. The van der Waals surface area contributed by atoms with Gasteiger partial charge in [0.15, 0.2) is 0 Å². The molecule has 100 valence electrons. The van der Waals surface area contributed by atoms with Crippen molar-refractivity contribution in [2.75, 3.05) is 29.9 Å². The monoisotopic (exact) mass is 248 g/mol. The van der Waals surface area contributed by atoms with Crippen molar-refractivity contribution in [3.63, 3.8) is 0 Å². The van der Waals surface area contributed by atoms with Crippen LogP contribution in [0.5, 0.6) is 0 Å². The highest BCUT2D eigenvalue weighted by atomic mass is 15.2. The Bertz CT molecular complexity index is 367. The van der Waals surface area contributed by atoms with Crippen LogP contribution in [0.2, 0.25) is 0 Å². The van der Waals surface area contributed by atoms with Crippen LogP contribution in [-0.2, 0) is 0 Å². The summed E-state index contributed by atoms with van der Waals surface area (Å²) in [6, 6.07) is 2.02. The molecule has 4 heteroatoms. The predicted molar refractivity (Wildman–Crippen MR) is 76.0 cm³/mol. The third kappa shape index (κ3) is 3.59. The van der Waals surface area contributed by atoms with Crippen molar-refractivity contribution in [2.24, 2.45) is 5.92 Å². The van der Waals surface area contributed by atoms with E-state index in [1.165, 1.54) is 19.3 Å². The van der Waals surface area contributed by atoms with Gasteiger partial charge in [-0.1, -0.05) is 13.8 Å². The lowest BCUT2D eigenvalue weighted by molar-refractivity contribution is 0.521. The number of nitrogens with one attached hydrogen (secondary N) is 1. The van der Waals surface area contributed by atoms with Crippen LogP contribution in [0.3, 0.4) is 0 Å². The first-order valence-electron chi connectivity index (χ1n) is 7.11. The molecule has 0 aromatic carbocycles. The summed E-state index contributed by atoms with van der Waals surface area (Å²) < 4.78 is 0. The van der Waals surface area contributed by atoms with Crippen molar-refractivity contribution in [3.8, 4) is 0 Å². The normalized spacial score (nSPS) is 20.6. The van der Waals surface area contributed by atoms with E-state index in [9.17, 15) is 0 Å². The van der Waals surface area contributed by atoms with Crippen LogP contribution in [0.25, 0.3) is 0 Å². The molecule has 0 amide bonds. The molecule has 1 aromatic heterocycles. The SMILES string of the molecule is CCCNc1nccc(N2CCCC(C)CC2)n1. The molecule has 0 aliphatic carbocycles. The minimum absolute atomic E-state index is 0.756. The predicted octanol–water partition coefficient (Wildman–Crippen LogP) is 2.92. The Morgan fingerprint density at radius 1 is 1.39 bits per heavy atom. The number of rotatable bonds is 4. The Labute approximate surface area is 110 Å². The maximum absolute atomic E-state index is 4.60. The molecule has 0 radical (unpaired) electrons. The molecule has 1 saturated heterocycles. The quantitative estimate of drug-likeness (QED) is 0.889. The van der Waals surface area contributed by atoms with Crippen molar-refractivity contribution < 1.29 is 0 Å². The Morgan fingerprint density at radius 3 is 3.11 bits per heavy atom. The summed E-state index contributed by atoms with van der Waals surface area (Å²) in [4.78, 5) is 11.3. The highest BCUT2D eigenvalue weighted by molar-refractivity contribution is 5.42. The van der Waals surface area contributed by atoms with E-state index in [2.05, 4.69) is 34.0 Å². The molecular formula is C14H24N4. The van der Waals surface area contributed by atoms with Crippen LogP contribution in [0.15, 0.2) is 12.3 Å². The first kappa shape index (κ1) is 13.1. The minimum Gasteiger partial charge on any atom is -0.356 e. The fraction of sp³-hybridized carbons (Fsp3) is 0.714. The van der Waals surface area contributed by atoms with E-state index < -0.39 is 0 Å². The van der Waals surface area contributed by atoms with Gasteiger partial charge in [0, 0.05) is 25.8 Å². The van der Waals surface area contributed by atoms with Crippen molar-refractivity contribution in [3.05, 3.63) is 12.3 Å². The van der Waals surface area contributed by atoms with Crippen LogP contribution in [0.4, 0.5) is 11.8 Å². The van der Waals surface area contributed by atoms with E-state index in [4.69, 9.17) is 0 Å². The van der Waals surface area contributed by atoms with Gasteiger partial charge in [-0.05, 0) is 37.7 Å². The van der Waals surface area contributed by atoms with Gasteiger partial charge in [0.25, 0.3) is 0 Å². The lowest BCUT2D eigenvalue weighted by Gasteiger charge is -2.21. The van der Waals surface area contributed by atoms with Crippen molar-refractivity contribution >= 4 is 11.8 Å². The largest absolute Gasteiger partial charge is 0.356 e. The van der Waals surface area contributed by atoms with Crippen molar-refractivity contribution in [1.82, 2.24) is 9.97 Å². The summed E-state index contributed by atoms with van der Waals surface area (Å²) in [5, 5.41) is 3.25. The van der Waals surface area contributed by atoms with Crippen LogP contribution in [0.1, 0.15) is 39.5 Å². The molecule has 1 atom stereocenters. The molecule has 4 nitrogen and oxygen atoms in total. The Kier molecular flexibility index (Phi) is 4.79. The maximum Gasteiger partial charge on any atom is 0.224 e. The Balaban J connectivity index is 2.02. The number of anilines is 2. The van der Waals surface area contributed by atoms with E-state index >= 15 is 0 Å². The Hall–Kier alpha value is -1.32. The Morgan fingerprint density at radius 2 is 2.28 bits per heavy atom. The zero-order valence-corrected chi connectivity index (χ0v) is 11.5. The summed E-state index contributed by atoms with van der Waals surface area (Å²) in [6.07, 6.45) is 6.82. The summed E-state index contributed by atoms with van der Waals surface area (Å²) in [6.45, 7) is 7.66. The molecule has 1 aliphatic rings. The third-order valence-electron chi connectivity index (χ3n) is 3.51. The maximum atomic E-state index is 4.60. The molecule has 2 heterocycles. The molecule has 1 N–H and O–H groups in total. The first-order valence-corrected chi connectivity index (χ1v) is 7.11. The van der Waals surface area contributed by atoms with Gasteiger partial charge >= 0.3 is 0 Å². The number of aromatic nitrogens is 2. The highest BCUT2D eigenvalue weighted by Crippen LogP contribution is 2.21. The van der Waals surface area contributed by atoms with Crippen molar-refractivity contribution in [2.45, 2.75) is 39.5 Å². The lowest BCUT2D eigenvalue weighted by atomic mass is 10.0. The zero-order chi connectivity index (χ0) is 12.8. The summed E-state index contributed by atoms with van der Waals surface area (Å²) >= 11 is 0. The smallest absolute Gasteiger partial charge is 0.224 e. The molecule has 1 unspecified atom stereocenters.